The molecule has 0 spiro atoms. The van der Waals surface area contributed by atoms with Crippen LogP contribution in [-0.2, 0) is 9.59 Å². The molecule has 0 atom stereocenters. The van der Waals surface area contributed by atoms with Crippen LogP contribution in [0.2, 0.25) is 0 Å². The molecule has 6 nitrogen and oxygen atoms in total. The number of carbonyl (C=O) groups is 2. The smallest absolute Gasteiger partial charge is 0.323 e. The molecule has 2 aliphatic rings. The van der Waals surface area contributed by atoms with Gasteiger partial charge < -0.3 is 14.7 Å². The van der Waals surface area contributed by atoms with E-state index in [1.54, 1.807) is 12.2 Å². The van der Waals surface area contributed by atoms with Crippen LogP contribution in [0.4, 0.5) is 5.69 Å². The molecule has 0 aromatic heterocycles. The summed E-state index contributed by atoms with van der Waals surface area (Å²) in [7, 11) is 0. The van der Waals surface area contributed by atoms with Crippen LogP contribution in [0.1, 0.15) is 6.92 Å². The molecule has 1 aromatic carbocycles. The normalized spacial score (nSPS) is 20.0. The number of aliphatic carboxylic acids is 1. The first-order valence-electron chi connectivity index (χ1n) is 7.23. The molecule has 1 aromatic rings. The molecule has 1 N–H and O–H groups in total. The van der Waals surface area contributed by atoms with E-state index >= 15 is 0 Å². The lowest BCUT2D eigenvalue weighted by molar-refractivity contribution is -0.140. The van der Waals surface area contributed by atoms with Gasteiger partial charge in [0.05, 0.1) is 10.6 Å². The molecule has 2 aliphatic heterocycles. The van der Waals surface area contributed by atoms with Crippen LogP contribution in [0.5, 0.6) is 5.75 Å². The number of para-hydroxylation sites is 2. The first-order valence-corrected chi connectivity index (χ1v) is 8.45. The Morgan fingerprint density at radius 1 is 1.33 bits per heavy atom. The Morgan fingerprint density at radius 3 is 2.79 bits per heavy atom. The number of thioether (sulfide) groups is 1. The van der Waals surface area contributed by atoms with Gasteiger partial charge in [-0.15, -0.1) is 0 Å². The van der Waals surface area contributed by atoms with E-state index < -0.39 is 18.4 Å². The summed E-state index contributed by atoms with van der Waals surface area (Å²) in [4.78, 5) is 26.5. The van der Waals surface area contributed by atoms with E-state index in [1.165, 1.54) is 0 Å². The summed E-state index contributed by atoms with van der Waals surface area (Å²) in [5.41, 5.74) is 0.970. The van der Waals surface area contributed by atoms with Gasteiger partial charge in [0.2, 0.25) is 5.88 Å². The van der Waals surface area contributed by atoms with Crippen LogP contribution in [0.15, 0.2) is 47.2 Å². The lowest BCUT2D eigenvalue weighted by Crippen LogP contribution is -2.33. The van der Waals surface area contributed by atoms with Gasteiger partial charge in [-0.05, 0) is 25.1 Å². The van der Waals surface area contributed by atoms with Crippen LogP contribution < -0.4 is 9.64 Å². The highest BCUT2D eigenvalue weighted by atomic mass is 32.2. The van der Waals surface area contributed by atoms with Crippen molar-refractivity contribution < 1.29 is 19.4 Å². The number of fused-ring (bicyclic) bond motifs is 1. The molecule has 8 heteroatoms. The Bertz CT molecular complexity index is 788. The highest BCUT2D eigenvalue weighted by Gasteiger charge is 2.33. The number of thiocarbonyl (C=S) groups is 1. The summed E-state index contributed by atoms with van der Waals surface area (Å²) in [5, 5.41) is 8.84. The lowest BCUT2D eigenvalue weighted by atomic mass is 10.3. The molecule has 0 bridgehead atoms. The van der Waals surface area contributed by atoms with Crippen molar-refractivity contribution in [3.8, 4) is 5.75 Å². The van der Waals surface area contributed by atoms with Gasteiger partial charge in [-0.3, -0.25) is 14.5 Å². The first kappa shape index (κ1) is 16.5. The van der Waals surface area contributed by atoms with Gasteiger partial charge in [-0.25, -0.2) is 0 Å². The number of carbonyl (C=O) groups excluding carboxylic acids is 1. The van der Waals surface area contributed by atoms with E-state index in [0.29, 0.717) is 10.8 Å². The zero-order valence-corrected chi connectivity index (χ0v) is 14.4. The van der Waals surface area contributed by atoms with Gasteiger partial charge in [-0.2, -0.15) is 0 Å². The number of amides is 1. The quantitative estimate of drug-likeness (QED) is 0.652. The second kappa shape index (κ2) is 6.66. The predicted octanol–water partition coefficient (Wildman–Crippen LogP) is 2.58. The average Bonchev–Trinajstić information content (AvgIpc) is 3.04. The van der Waals surface area contributed by atoms with Gasteiger partial charge in [0.1, 0.15) is 10.9 Å². The maximum Gasteiger partial charge on any atom is 0.323 e. The maximum atomic E-state index is 12.2. The van der Waals surface area contributed by atoms with E-state index in [-0.39, 0.29) is 4.32 Å². The second-order valence-corrected chi connectivity index (χ2v) is 6.68. The zero-order chi connectivity index (χ0) is 17.3. The fourth-order valence-corrected chi connectivity index (χ4v) is 3.63. The number of carboxylic acid groups (broad SMARTS) is 1. The fraction of sp³-hybridized carbons (Fsp3) is 0.188. The standard InChI is InChI=1S/C16H14N2O4S2/c1-2-17-10-5-3-4-6-11(10)22-13(17)8-7-12-15(21)18(9-14(19)20)16(23)24-12/h3-8H,2,9H2,1H3,(H,19,20)/b12-7+,13-8-. The summed E-state index contributed by atoms with van der Waals surface area (Å²) in [6, 6.07) is 7.68. The summed E-state index contributed by atoms with van der Waals surface area (Å²) >= 11 is 6.15. The van der Waals surface area contributed by atoms with E-state index in [0.717, 1.165) is 34.6 Å². The number of hydrogen-bond acceptors (Lipinski definition) is 6. The largest absolute Gasteiger partial charge is 0.480 e. The molecule has 24 heavy (non-hydrogen) atoms. The van der Waals surface area contributed by atoms with E-state index in [9.17, 15) is 9.59 Å². The molecule has 1 saturated heterocycles. The number of allylic oxidation sites excluding steroid dienone is 2. The third-order valence-corrected chi connectivity index (χ3v) is 4.89. The third kappa shape index (κ3) is 3.02. The van der Waals surface area contributed by atoms with Gasteiger partial charge in [-0.1, -0.05) is 36.1 Å². The number of carboxylic acids is 1. The third-order valence-electron chi connectivity index (χ3n) is 3.50. The Kier molecular flexibility index (Phi) is 4.59. The molecule has 0 aliphatic carbocycles. The van der Waals surface area contributed by atoms with Gasteiger partial charge in [0, 0.05) is 12.6 Å². The summed E-state index contributed by atoms with van der Waals surface area (Å²) in [6.07, 6.45) is 3.32. The molecule has 3 rings (SSSR count). The average molecular weight is 362 g/mol. The zero-order valence-electron chi connectivity index (χ0n) is 12.8. The minimum absolute atomic E-state index is 0.245. The minimum atomic E-state index is -1.10. The molecular formula is C16H14N2O4S2. The van der Waals surface area contributed by atoms with E-state index in [2.05, 4.69) is 0 Å². The summed E-state index contributed by atoms with van der Waals surface area (Å²) < 4.78 is 6.05. The van der Waals surface area contributed by atoms with Crippen LogP contribution in [0, 0.1) is 0 Å². The highest BCUT2D eigenvalue weighted by molar-refractivity contribution is 8.26. The van der Waals surface area contributed by atoms with Crippen LogP contribution in [-0.4, -0.2) is 39.3 Å². The predicted molar refractivity (Wildman–Crippen MR) is 95.8 cm³/mol. The molecule has 0 saturated carbocycles. The summed E-state index contributed by atoms with van der Waals surface area (Å²) in [6.45, 7) is 2.30. The maximum absolute atomic E-state index is 12.2. The van der Waals surface area contributed by atoms with Crippen molar-refractivity contribution in [1.82, 2.24) is 4.90 Å². The van der Waals surface area contributed by atoms with Gasteiger partial charge in [0.25, 0.3) is 5.91 Å². The molecular weight excluding hydrogens is 348 g/mol. The second-order valence-electron chi connectivity index (χ2n) is 5.00. The Labute approximate surface area is 148 Å². The molecule has 0 unspecified atom stereocenters. The Hall–Kier alpha value is -2.32. The number of ether oxygens (including phenoxy) is 1. The van der Waals surface area contributed by atoms with Crippen molar-refractivity contribution in [1.29, 1.82) is 0 Å². The van der Waals surface area contributed by atoms with Crippen LogP contribution in [0.3, 0.4) is 0 Å². The van der Waals surface area contributed by atoms with Gasteiger partial charge in [0.15, 0.2) is 5.75 Å². The number of hydrogen-bond donors (Lipinski definition) is 1. The van der Waals surface area contributed by atoms with E-state index in [1.807, 2.05) is 36.1 Å². The molecule has 124 valence electrons. The number of rotatable bonds is 4. The minimum Gasteiger partial charge on any atom is -0.480 e. The lowest BCUT2D eigenvalue weighted by Gasteiger charge is -2.14. The molecule has 1 amide bonds. The van der Waals surface area contributed by atoms with Crippen LogP contribution in [0.25, 0.3) is 0 Å². The monoisotopic (exact) mass is 362 g/mol. The number of nitrogens with zero attached hydrogens (tertiary/aromatic N) is 2. The Balaban J connectivity index is 1.83. The number of benzene rings is 1. The van der Waals surface area contributed by atoms with Crippen molar-refractivity contribution in [3.05, 3.63) is 47.2 Å². The topological polar surface area (TPSA) is 70.1 Å². The van der Waals surface area contributed by atoms with Crippen molar-refractivity contribution in [2.24, 2.45) is 0 Å². The van der Waals surface area contributed by atoms with Crippen molar-refractivity contribution in [3.63, 3.8) is 0 Å². The molecule has 0 radical (unpaired) electrons. The van der Waals surface area contributed by atoms with Crippen molar-refractivity contribution >= 4 is 45.9 Å². The molecule has 2 heterocycles. The number of anilines is 1. The first-order chi connectivity index (χ1) is 11.5. The summed E-state index contributed by atoms with van der Waals surface area (Å²) in [5.74, 6) is -0.125. The molecule has 1 fully saturated rings. The van der Waals surface area contributed by atoms with Crippen molar-refractivity contribution in [2.45, 2.75) is 6.92 Å². The SMILES string of the molecule is CCN1/C(=C/C=C2/SC(=S)N(CC(=O)O)C2=O)Oc2ccccc21. The van der Waals surface area contributed by atoms with Gasteiger partial charge >= 0.3 is 5.97 Å². The van der Waals surface area contributed by atoms with Crippen LogP contribution >= 0.6 is 24.0 Å². The highest BCUT2D eigenvalue weighted by Crippen LogP contribution is 2.38. The van der Waals surface area contributed by atoms with Crippen molar-refractivity contribution in [2.75, 3.05) is 18.0 Å². The Morgan fingerprint density at radius 2 is 2.08 bits per heavy atom. The fourth-order valence-electron chi connectivity index (χ4n) is 2.44. The van der Waals surface area contributed by atoms with E-state index in [4.69, 9.17) is 22.1 Å².